The van der Waals surface area contributed by atoms with Crippen molar-refractivity contribution < 1.29 is 19.1 Å². The summed E-state index contributed by atoms with van der Waals surface area (Å²) >= 11 is 1.07. The molecule has 0 atom stereocenters. The molecule has 0 bridgehead atoms. The van der Waals surface area contributed by atoms with E-state index < -0.39 is 5.97 Å². The highest BCUT2D eigenvalue weighted by Gasteiger charge is 2.27. The van der Waals surface area contributed by atoms with Crippen molar-refractivity contribution in [3.05, 3.63) is 34.0 Å². The molecule has 0 radical (unpaired) electrons. The largest absolute Gasteiger partial charge is 0.462 e. The van der Waals surface area contributed by atoms with E-state index in [1.165, 1.54) is 9.58 Å². The number of hydrogen-bond acceptors (Lipinski definition) is 6. The standard InChI is InChI=1S/C18H24N4O4S/c1-6-9-26-18(25)14-12(3)15(17(24)21(4)5)27-16(14)19-13(23)10-22-8-7-11(2)20-22/h7-8H,6,9-10H2,1-5H3,(H,19,23). The molecule has 0 aliphatic rings. The first kappa shape index (κ1) is 20.6. The topological polar surface area (TPSA) is 93.5 Å². The Morgan fingerprint density at radius 3 is 2.56 bits per heavy atom. The molecule has 0 saturated carbocycles. The number of nitrogens with one attached hydrogen (secondary N) is 1. The van der Waals surface area contributed by atoms with Crippen molar-refractivity contribution in [2.24, 2.45) is 0 Å². The van der Waals surface area contributed by atoms with E-state index in [1.807, 2.05) is 13.8 Å². The maximum atomic E-state index is 12.5. The summed E-state index contributed by atoms with van der Waals surface area (Å²) in [6.45, 7) is 5.68. The first-order chi connectivity index (χ1) is 12.7. The number of thiophene rings is 1. The van der Waals surface area contributed by atoms with Crippen LogP contribution in [0.2, 0.25) is 0 Å². The number of amides is 2. The van der Waals surface area contributed by atoms with Gasteiger partial charge in [-0.3, -0.25) is 14.3 Å². The number of carbonyl (C=O) groups is 3. The fraction of sp³-hybridized carbons (Fsp3) is 0.444. The van der Waals surface area contributed by atoms with Crippen LogP contribution in [0.1, 0.15) is 44.6 Å². The molecular weight excluding hydrogens is 368 g/mol. The van der Waals surface area contributed by atoms with Crippen LogP contribution in [-0.4, -0.2) is 53.2 Å². The smallest absolute Gasteiger partial charge is 0.341 e. The van der Waals surface area contributed by atoms with Gasteiger partial charge in [0.1, 0.15) is 11.5 Å². The summed E-state index contributed by atoms with van der Waals surface area (Å²) in [7, 11) is 3.27. The van der Waals surface area contributed by atoms with Crippen molar-refractivity contribution in [2.75, 3.05) is 26.0 Å². The third kappa shape index (κ3) is 4.94. The molecule has 0 aliphatic heterocycles. The number of nitrogens with zero attached hydrogens (tertiary/aromatic N) is 3. The first-order valence-electron chi connectivity index (χ1n) is 8.56. The minimum Gasteiger partial charge on any atom is -0.462 e. The molecule has 0 saturated heterocycles. The predicted molar refractivity (Wildman–Crippen MR) is 103 cm³/mol. The van der Waals surface area contributed by atoms with Gasteiger partial charge in [-0.15, -0.1) is 11.3 Å². The normalized spacial score (nSPS) is 10.6. The number of rotatable bonds is 7. The molecule has 27 heavy (non-hydrogen) atoms. The number of hydrogen-bond donors (Lipinski definition) is 1. The summed E-state index contributed by atoms with van der Waals surface area (Å²) in [5, 5.41) is 7.21. The summed E-state index contributed by atoms with van der Waals surface area (Å²) < 4.78 is 6.74. The SMILES string of the molecule is CCCOC(=O)c1c(NC(=O)Cn2ccc(C)n2)sc(C(=O)N(C)C)c1C. The van der Waals surface area contributed by atoms with E-state index in [9.17, 15) is 14.4 Å². The zero-order valence-electron chi connectivity index (χ0n) is 16.2. The third-order valence-corrected chi connectivity index (χ3v) is 4.92. The molecule has 2 amide bonds. The monoisotopic (exact) mass is 392 g/mol. The van der Waals surface area contributed by atoms with Crippen molar-refractivity contribution in [3.63, 3.8) is 0 Å². The summed E-state index contributed by atoms with van der Waals surface area (Å²) in [5.74, 6) is -1.12. The van der Waals surface area contributed by atoms with Gasteiger partial charge in [0.2, 0.25) is 5.91 Å². The van der Waals surface area contributed by atoms with Gasteiger partial charge in [-0.2, -0.15) is 5.10 Å². The van der Waals surface area contributed by atoms with Gasteiger partial charge in [0, 0.05) is 20.3 Å². The molecule has 2 rings (SSSR count). The van der Waals surface area contributed by atoms with Gasteiger partial charge < -0.3 is 15.0 Å². The zero-order valence-corrected chi connectivity index (χ0v) is 17.0. The van der Waals surface area contributed by atoms with E-state index in [-0.39, 0.29) is 30.5 Å². The maximum Gasteiger partial charge on any atom is 0.341 e. The van der Waals surface area contributed by atoms with Crippen LogP contribution in [-0.2, 0) is 16.1 Å². The van der Waals surface area contributed by atoms with Crippen molar-refractivity contribution >= 4 is 34.1 Å². The van der Waals surface area contributed by atoms with Gasteiger partial charge in [-0.1, -0.05) is 6.92 Å². The number of ether oxygens (including phenoxy) is 1. The fourth-order valence-electron chi connectivity index (χ4n) is 2.39. The molecule has 9 heteroatoms. The second-order valence-corrected chi connectivity index (χ2v) is 7.32. The molecule has 8 nitrogen and oxygen atoms in total. The van der Waals surface area contributed by atoms with Gasteiger partial charge >= 0.3 is 5.97 Å². The van der Waals surface area contributed by atoms with E-state index >= 15 is 0 Å². The second-order valence-electron chi connectivity index (χ2n) is 6.30. The van der Waals surface area contributed by atoms with Gasteiger partial charge in [0.15, 0.2) is 0 Å². The number of anilines is 1. The zero-order chi connectivity index (χ0) is 20.1. The minimum absolute atomic E-state index is 0.00515. The van der Waals surface area contributed by atoms with Crippen LogP contribution in [0, 0.1) is 13.8 Å². The Balaban J connectivity index is 2.31. The fourth-order valence-corrected chi connectivity index (χ4v) is 3.62. The van der Waals surface area contributed by atoms with Crippen LogP contribution in [0.15, 0.2) is 12.3 Å². The Morgan fingerprint density at radius 1 is 1.30 bits per heavy atom. The lowest BCUT2D eigenvalue weighted by Gasteiger charge is -2.09. The summed E-state index contributed by atoms with van der Waals surface area (Å²) in [5.41, 5.74) is 1.53. The quantitative estimate of drug-likeness (QED) is 0.731. The average molecular weight is 392 g/mol. The van der Waals surface area contributed by atoms with E-state index in [0.717, 1.165) is 17.0 Å². The highest BCUT2D eigenvalue weighted by atomic mass is 32.1. The lowest BCUT2D eigenvalue weighted by Crippen LogP contribution is -2.21. The van der Waals surface area contributed by atoms with Gasteiger partial charge in [-0.05, 0) is 31.9 Å². The summed E-state index contributed by atoms with van der Waals surface area (Å²) in [6, 6.07) is 1.80. The highest BCUT2D eigenvalue weighted by Crippen LogP contribution is 2.34. The van der Waals surface area contributed by atoms with Gasteiger partial charge in [-0.25, -0.2) is 4.79 Å². The minimum atomic E-state index is -0.548. The van der Waals surface area contributed by atoms with Gasteiger partial charge in [0.25, 0.3) is 5.91 Å². The van der Waals surface area contributed by atoms with Crippen LogP contribution < -0.4 is 5.32 Å². The molecule has 0 aromatic carbocycles. The molecule has 0 unspecified atom stereocenters. The molecule has 1 N–H and O–H groups in total. The van der Waals surface area contributed by atoms with Crippen molar-refractivity contribution in [1.82, 2.24) is 14.7 Å². The molecule has 2 heterocycles. The second kappa shape index (κ2) is 8.81. The Labute approximate surface area is 162 Å². The molecule has 2 aromatic heterocycles. The van der Waals surface area contributed by atoms with Crippen LogP contribution in [0.3, 0.4) is 0 Å². The number of aryl methyl sites for hydroxylation is 1. The number of esters is 1. The lowest BCUT2D eigenvalue weighted by atomic mass is 10.1. The maximum absolute atomic E-state index is 12.5. The van der Waals surface area contributed by atoms with Crippen molar-refractivity contribution in [3.8, 4) is 0 Å². The van der Waals surface area contributed by atoms with Crippen molar-refractivity contribution in [1.29, 1.82) is 0 Å². The Morgan fingerprint density at radius 2 is 2.00 bits per heavy atom. The van der Waals surface area contributed by atoms with Crippen LogP contribution in [0.4, 0.5) is 5.00 Å². The van der Waals surface area contributed by atoms with Gasteiger partial charge in [0.05, 0.1) is 22.7 Å². The van der Waals surface area contributed by atoms with Crippen LogP contribution in [0.25, 0.3) is 0 Å². The molecule has 0 fully saturated rings. The molecular formula is C18H24N4O4S. The van der Waals surface area contributed by atoms with E-state index in [4.69, 9.17) is 4.74 Å². The highest BCUT2D eigenvalue weighted by molar-refractivity contribution is 7.18. The molecule has 2 aromatic rings. The predicted octanol–water partition coefficient (Wildman–Crippen LogP) is 2.47. The Bertz CT molecular complexity index is 854. The molecule has 0 spiro atoms. The number of carbonyl (C=O) groups excluding carboxylic acids is 3. The van der Waals surface area contributed by atoms with E-state index in [0.29, 0.717) is 21.9 Å². The van der Waals surface area contributed by atoms with E-state index in [2.05, 4.69) is 10.4 Å². The summed E-state index contributed by atoms with van der Waals surface area (Å²) in [4.78, 5) is 39.1. The lowest BCUT2D eigenvalue weighted by molar-refractivity contribution is -0.116. The van der Waals surface area contributed by atoms with Crippen LogP contribution in [0.5, 0.6) is 0 Å². The molecule has 146 valence electrons. The third-order valence-electron chi connectivity index (χ3n) is 3.72. The summed E-state index contributed by atoms with van der Waals surface area (Å²) in [6.07, 6.45) is 2.38. The van der Waals surface area contributed by atoms with Crippen LogP contribution >= 0.6 is 11.3 Å². The first-order valence-corrected chi connectivity index (χ1v) is 9.38. The van der Waals surface area contributed by atoms with E-state index in [1.54, 1.807) is 33.3 Å². The molecule has 0 aliphatic carbocycles. The van der Waals surface area contributed by atoms with Crippen molar-refractivity contribution in [2.45, 2.75) is 33.7 Å². The number of aromatic nitrogens is 2. The Hall–Kier alpha value is -2.68. The average Bonchev–Trinajstić information content (AvgIpc) is 3.14. The Kier molecular flexibility index (Phi) is 6.73.